The number of carbonyl (C=O) groups excluding carboxylic acids is 1. The number of ether oxygens (including phenoxy) is 2. The summed E-state index contributed by atoms with van der Waals surface area (Å²) in [7, 11) is 0. The normalized spacial score (nSPS) is 21.6. The van der Waals surface area contributed by atoms with E-state index in [1.807, 2.05) is 6.08 Å². The van der Waals surface area contributed by atoms with E-state index in [9.17, 15) is 30.3 Å². The van der Waals surface area contributed by atoms with Crippen molar-refractivity contribution in [2.45, 2.75) is 224 Å². The lowest BCUT2D eigenvalue weighted by atomic mass is 9.99. The topological polar surface area (TPSA) is 149 Å². The van der Waals surface area contributed by atoms with Gasteiger partial charge in [-0.2, -0.15) is 0 Å². The van der Waals surface area contributed by atoms with Crippen LogP contribution in [0.25, 0.3) is 0 Å². The number of carbonyl (C=O) groups is 1. The van der Waals surface area contributed by atoms with Gasteiger partial charge in [0, 0.05) is 6.42 Å². The Kier molecular flexibility index (Phi) is 35.4. The van der Waals surface area contributed by atoms with Crippen molar-refractivity contribution in [2.75, 3.05) is 13.2 Å². The molecule has 57 heavy (non-hydrogen) atoms. The van der Waals surface area contributed by atoms with Gasteiger partial charge in [0.25, 0.3) is 0 Å². The number of amides is 1. The van der Waals surface area contributed by atoms with E-state index in [1.54, 1.807) is 6.08 Å². The lowest BCUT2D eigenvalue weighted by Crippen LogP contribution is -2.60. The van der Waals surface area contributed by atoms with Crippen molar-refractivity contribution < 1.29 is 39.8 Å². The SMILES string of the molecule is CCCCC/C=C\C=C/CCCCCCCCCCCCC(=O)NC(COC1OC(CO)C(O)C(O)C1O)C(O)/C=C/CC/C=C/CC/C=C/CCCCCCC. The fraction of sp³-hybridized carbons (Fsp3) is 0.771. The molecule has 1 aliphatic rings. The molecule has 1 fully saturated rings. The van der Waals surface area contributed by atoms with Crippen molar-refractivity contribution in [1.82, 2.24) is 5.32 Å². The van der Waals surface area contributed by atoms with Crippen LogP contribution >= 0.6 is 0 Å². The summed E-state index contributed by atoms with van der Waals surface area (Å²) in [6.45, 7) is 3.69. The molecule has 0 saturated carbocycles. The third-order valence-corrected chi connectivity index (χ3v) is 10.6. The molecule has 6 N–H and O–H groups in total. The lowest BCUT2D eigenvalue weighted by Gasteiger charge is -2.40. The summed E-state index contributed by atoms with van der Waals surface area (Å²) >= 11 is 0. The zero-order valence-electron chi connectivity index (χ0n) is 36.1. The molecule has 0 bridgehead atoms. The van der Waals surface area contributed by atoms with Crippen LogP contribution in [0, 0.1) is 0 Å². The number of nitrogens with one attached hydrogen (secondary N) is 1. The first-order valence-corrected chi connectivity index (χ1v) is 23.0. The third kappa shape index (κ3) is 28.9. The minimum Gasteiger partial charge on any atom is -0.394 e. The molecule has 1 amide bonds. The predicted molar refractivity (Wildman–Crippen MR) is 235 cm³/mol. The van der Waals surface area contributed by atoms with Crippen LogP contribution in [0.2, 0.25) is 0 Å². The molecule has 7 atom stereocenters. The molecule has 1 aliphatic heterocycles. The summed E-state index contributed by atoms with van der Waals surface area (Å²) < 4.78 is 11.2. The van der Waals surface area contributed by atoms with Gasteiger partial charge < -0.3 is 40.3 Å². The first-order valence-electron chi connectivity index (χ1n) is 23.0. The first-order chi connectivity index (χ1) is 27.8. The van der Waals surface area contributed by atoms with Gasteiger partial charge in [-0.25, -0.2) is 0 Å². The van der Waals surface area contributed by atoms with Crippen molar-refractivity contribution in [3.63, 3.8) is 0 Å². The molecule has 1 heterocycles. The van der Waals surface area contributed by atoms with Gasteiger partial charge in [-0.3, -0.25) is 4.79 Å². The van der Waals surface area contributed by atoms with Gasteiger partial charge in [-0.05, 0) is 70.6 Å². The standard InChI is InChI=1S/C48H85NO8/c1-3-5-7-9-11-13-15-17-19-20-21-22-24-26-28-30-32-34-36-38-44(52)49-41(40-56-48-47(55)46(54)45(53)43(39-50)57-48)42(51)37-35-33-31-29-27-25-23-18-16-14-12-10-8-6-4-2/h11,13,15-18,27,29,35,37,41-43,45-48,50-51,53-55H,3-10,12,14,19-26,28,30-34,36,38-40H2,1-2H3,(H,49,52)/b13-11-,17-15-,18-16+,29-27+,37-35+. The summed E-state index contributed by atoms with van der Waals surface area (Å²) in [5.74, 6) is -0.198. The van der Waals surface area contributed by atoms with Gasteiger partial charge in [0.1, 0.15) is 24.4 Å². The Morgan fingerprint density at radius 3 is 1.61 bits per heavy atom. The fourth-order valence-corrected chi connectivity index (χ4v) is 6.82. The second-order valence-corrected chi connectivity index (χ2v) is 15.9. The lowest BCUT2D eigenvalue weighted by molar-refractivity contribution is -0.302. The average Bonchev–Trinajstić information content (AvgIpc) is 3.21. The number of rotatable bonds is 37. The number of allylic oxidation sites excluding steroid dienone is 9. The number of hydrogen-bond acceptors (Lipinski definition) is 8. The molecule has 330 valence electrons. The summed E-state index contributed by atoms with van der Waals surface area (Å²) in [4.78, 5) is 13.0. The highest BCUT2D eigenvalue weighted by atomic mass is 16.7. The summed E-state index contributed by atoms with van der Waals surface area (Å²) in [6.07, 6.45) is 42.6. The number of aliphatic hydroxyl groups is 5. The minimum atomic E-state index is -1.58. The maximum absolute atomic E-state index is 13.0. The van der Waals surface area contributed by atoms with Crippen molar-refractivity contribution in [3.8, 4) is 0 Å². The van der Waals surface area contributed by atoms with E-state index in [4.69, 9.17) is 9.47 Å². The van der Waals surface area contributed by atoms with Gasteiger partial charge in [-0.1, -0.05) is 164 Å². The van der Waals surface area contributed by atoms with Gasteiger partial charge in [-0.15, -0.1) is 0 Å². The second kappa shape index (κ2) is 38.1. The molecule has 1 saturated heterocycles. The summed E-state index contributed by atoms with van der Waals surface area (Å²) in [5.41, 5.74) is 0. The zero-order chi connectivity index (χ0) is 41.6. The maximum atomic E-state index is 13.0. The molecule has 0 aromatic rings. The Morgan fingerprint density at radius 2 is 1.05 bits per heavy atom. The molecule has 0 spiro atoms. The number of hydrogen-bond donors (Lipinski definition) is 6. The van der Waals surface area contributed by atoms with Crippen LogP contribution in [0.4, 0.5) is 0 Å². The quantitative estimate of drug-likeness (QED) is 0.0207. The zero-order valence-corrected chi connectivity index (χ0v) is 36.1. The number of unbranched alkanes of at least 4 members (excludes halogenated alkanes) is 20. The van der Waals surface area contributed by atoms with Crippen LogP contribution in [-0.2, 0) is 14.3 Å². The van der Waals surface area contributed by atoms with E-state index in [0.717, 1.165) is 57.8 Å². The van der Waals surface area contributed by atoms with Crippen LogP contribution in [-0.4, -0.2) is 87.5 Å². The van der Waals surface area contributed by atoms with Crippen molar-refractivity contribution >= 4 is 5.91 Å². The van der Waals surface area contributed by atoms with E-state index < -0.39 is 49.5 Å². The summed E-state index contributed by atoms with van der Waals surface area (Å²) in [6, 6.07) is -0.830. The Bertz CT molecular complexity index is 1070. The molecular formula is C48H85NO8. The fourth-order valence-electron chi connectivity index (χ4n) is 6.82. The molecular weight excluding hydrogens is 719 g/mol. The molecule has 0 radical (unpaired) electrons. The van der Waals surface area contributed by atoms with E-state index in [-0.39, 0.29) is 12.5 Å². The molecule has 7 unspecified atom stereocenters. The highest BCUT2D eigenvalue weighted by Gasteiger charge is 2.44. The smallest absolute Gasteiger partial charge is 0.220 e. The van der Waals surface area contributed by atoms with Crippen LogP contribution in [0.15, 0.2) is 60.8 Å². The Balaban J connectivity index is 2.39. The van der Waals surface area contributed by atoms with Crippen LogP contribution in [0.1, 0.15) is 181 Å². The van der Waals surface area contributed by atoms with Crippen molar-refractivity contribution in [2.24, 2.45) is 0 Å². The molecule has 0 aromatic carbocycles. The van der Waals surface area contributed by atoms with Gasteiger partial charge in [0.15, 0.2) is 6.29 Å². The first kappa shape index (κ1) is 52.9. The van der Waals surface area contributed by atoms with E-state index in [0.29, 0.717) is 6.42 Å². The van der Waals surface area contributed by atoms with Crippen molar-refractivity contribution in [3.05, 3.63) is 60.8 Å². The Morgan fingerprint density at radius 1 is 0.596 bits per heavy atom. The van der Waals surface area contributed by atoms with Crippen LogP contribution in [0.5, 0.6) is 0 Å². The third-order valence-electron chi connectivity index (χ3n) is 10.6. The summed E-state index contributed by atoms with van der Waals surface area (Å²) in [5, 5.41) is 54.1. The van der Waals surface area contributed by atoms with E-state index in [1.165, 1.54) is 103 Å². The van der Waals surface area contributed by atoms with Crippen LogP contribution < -0.4 is 5.32 Å². The van der Waals surface area contributed by atoms with E-state index in [2.05, 4.69) is 67.8 Å². The second-order valence-electron chi connectivity index (χ2n) is 15.9. The number of aliphatic hydroxyl groups excluding tert-OH is 5. The minimum absolute atomic E-state index is 0.198. The maximum Gasteiger partial charge on any atom is 0.220 e. The predicted octanol–water partition coefficient (Wildman–Crippen LogP) is 9.61. The monoisotopic (exact) mass is 804 g/mol. The highest BCUT2D eigenvalue weighted by molar-refractivity contribution is 5.76. The molecule has 9 nitrogen and oxygen atoms in total. The molecule has 1 rings (SSSR count). The Hall–Kier alpha value is -2.11. The van der Waals surface area contributed by atoms with E-state index >= 15 is 0 Å². The Labute approximate surface area is 347 Å². The van der Waals surface area contributed by atoms with Gasteiger partial charge in [0.2, 0.25) is 5.91 Å². The molecule has 0 aromatic heterocycles. The van der Waals surface area contributed by atoms with Crippen LogP contribution in [0.3, 0.4) is 0 Å². The molecule has 9 heteroatoms. The van der Waals surface area contributed by atoms with Gasteiger partial charge >= 0.3 is 0 Å². The largest absolute Gasteiger partial charge is 0.394 e. The highest BCUT2D eigenvalue weighted by Crippen LogP contribution is 2.22. The average molecular weight is 804 g/mol. The van der Waals surface area contributed by atoms with Crippen molar-refractivity contribution in [1.29, 1.82) is 0 Å². The van der Waals surface area contributed by atoms with Gasteiger partial charge in [0.05, 0.1) is 25.4 Å². The molecule has 0 aliphatic carbocycles.